The van der Waals surface area contributed by atoms with Gasteiger partial charge in [-0.15, -0.1) is 0 Å². The van der Waals surface area contributed by atoms with Gasteiger partial charge in [-0.1, -0.05) is 38.4 Å². The summed E-state index contributed by atoms with van der Waals surface area (Å²) in [4.78, 5) is 27.7. The monoisotopic (exact) mass is 497 g/mol. The van der Waals surface area contributed by atoms with E-state index in [-0.39, 0.29) is 33.0 Å². The summed E-state index contributed by atoms with van der Waals surface area (Å²) in [6.45, 7) is 7.77. The number of aryl methyl sites for hydroxylation is 1. The number of hydrogen-bond donors (Lipinski definition) is 1. The summed E-state index contributed by atoms with van der Waals surface area (Å²) >= 11 is 5.97. The molecule has 1 N–H and O–H groups in total. The zero-order valence-electron chi connectivity index (χ0n) is 20.0. The summed E-state index contributed by atoms with van der Waals surface area (Å²) in [7, 11) is 1.45. The number of carbonyl (C=O) groups is 2. The van der Waals surface area contributed by atoms with Gasteiger partial charge in [-0.05, 0) is 60.4 Å². The van der Waals surface area contributed by atoms with E-state index in [0.717, 1.165) is 16.5 Å². The summed E-state index contributed by atoms with van der Waals surface area (Å²) in [6.07, 6.45) is 0. The Labute approximate surface area is 207 Å². The molecule has 0 bridgehead atoms. The van der Waals surface area contributed by atoms with E-state index >= 15 is 0 Å². The molecule has 35 heavy (non-hydrogen) atoms. The first kappa shape index (κ1) is 24.5. The van der Waals surface area contributed by atoms with Crippen LogP contribution in [-0.4, -0.2) is 23.9 Å². The van der Waals surface area contributed by atoms with E-state index in [1.54, 1.807) is 31.2 Å². The molecule has 0 aliphatic carbocycles. The van der Waals surface area contributed by atoms with Crippen molar-refractivity contribution in [2.75, 3.05) is 12.0 Å². The average Bonchev–Trinajstić information content (AvgIpc) is 3.35. The van der Waals surface area contributed by atoms with Crippen LogP contribution in [0.3, 0.4) is 0 Å². The molecule has 4 rings (SSSR count). The predicted molar refractivity (Wildman–Crippen MR) is 131 cm³/mol. The lowest BCUT2D eigenvalue weighted by atomic mass is 9.85. The van der Waals surface area contributed by atoms with E-state index in [1.807, 2.05) is 26.8 Å². The van der Waals surface area contributed by atoms with Crippen molar-refractivity contribution in [2.24, 2.45) is 0 Å². The number of Topliss-reactive ketones (excluding diaryl/α,β-unsaturated/α-hetero) is 1. The molecule has 1 aliphatic heterocycles. The number of amides is 1. The maximum absolute atomic E-state index is 13.8. The number of methoxy groups -OCH3 is 1. The molecule has 1 aromatic heterocycles. The van der Waals surface area contributed by atoms with Crippen LogP contribution in [0.15, 0.2) is 58.5 Å². The van der Waals surface area contributed by atoms with Crippen LogP contribution in [0.2, 0.25) is 5.02 Å². The van der Waals surface area contributed by atoms with E-state index in [4.69, 9.17) is 20.8 Å². The highest BCUT2D eigenvalue weighted by Gasteiger charge is 2.48. The van der Waals surface area contributed by atoms with E-state index in [2.05, 4.69) is 0 Å². The number of carbonyl (C=O) groups excluding carboxylic acids is 2. The molecule has 1 amide bonds. The molecule has 3 aromatic rings. The SMILES string of the molecule is COc1ccc(C(C)(C)C)cc1/C(O)=C1\C(=O)C(=O)N(c2ccc(F)c(Cl)c2)C1c1ccc(C)o1. The lowest BCUT2D eigenvalue weighted by molar-refractivity contribution is -0.132. The molecule has 1 unspecified atom stereocenters. The molecule has 8 heteroatoms. The minimum atomic E-state index is -1.10. The smallest absolute Gasteiger partial charge is 0.300 e. The van der Waals surface area contributed by atoms with Crippen LogP contribution in [0.1, 0.15) is 49.5 Å². The maximum atomic E-state index is 13.8. The summed E-state index contributed by atoms with van der Waals surface area (Å²) in [5.41, 5.74) is 0.921. The Morgan fingerprint density at radius 1 is 1.11 bits per heavy atom. The third-order valence-corrected chi connectivity index (χ3v) is 6.27. The van der Waals surface area contributed by atoms with Crippen molar-refractivity contribution >= 4 is 34.7 Å². The van der Waals surface area contributed by atoms with Crippen LogP contribution >= 0.6 is 11.6 Å². The fourth-order valence-electron chi connectivity index (χ4n) is 4.11. The van der Waals surface area contributed by atoms with Gasteiger partial charge in [0.15, 0.2) is 0 Å². The Bertz CT molecular complexity index is 1370. The van der Waals surface area contributed by atoms with Crippen molar-refractivity contribution < 1.29 is 28.2 Å². The first-order valence-electron chi connectivity index (χ1n) is 10.9. The third-order valence-electron chi connectivity index (χ3n) is 5.98. The van der Waals surface area contributed by atoms with Gasteiger partial charge in [0.2, 0.25) is 0 Å². The molecular weight excluding hydrogens is 473 g/mol. The second-order valence-corrected chi connectivity index (χ2v) is 9.79. The van der Waals surface area contributed by atoms with E-state index in [9.17, 15) is 19.1 Å². The number of nitrogens with zero attached hydrogens (tertiary/aromatic N) is 1. The summed E-state index contributed by atoms with van der Waals surface area (Å²) in [6, 6.07) is 11.2. The van der Waals surface area contributed by atoms with Gasteiger partial charge < -0.3 is 14.3 Å². The van der Waals surface area contributed by atoms with Gasteiger partial charge in [0.1, 0.15) is 34.9 Å². The van der Waals surface area contributed by atoms with Crippen molar-refractivity contribution in [2.45, 2.75) is 39.2 Å². The van der Waals surface area contributed by atoms with Crippen molar-refractivity contribution in [1.29, 1.82) is 0 Å². The number of aliphatic hydroxyl groups excluding tert-OH is 1. The van der Waals surface area contributed by atoms with Gasteiger partial charge in [-0.25, -0.2) is 4.39 Å². The molecule has 1 fully saturated rings. The van der Waals surface area contributed by atoms with E-state index in [0.29, 0.717) is 11.5 Å². The van der Waals surface area contributed by atoms with Gasteiger partial charge in [0, 0.05) is 5.69 Å². The molecule has 0 spiro atoms. The number of halogens is 2. The van der Waals surface area contributed by atoms with Crippen molar-refractivity contribution in [3.05, 3.63) is 87.6 Å². The van der Waals surface area contributed by atoms with Gasteiger partial charge in [0.25, 0.3) is 11.7 Å². The standard InChI is InChI=1S/C27H25ClFNO5/c1-14-6-10-21(35-14)23-22(24(31)17-12-15(27(2,3)4)7-11-20(17)34-5)25(32)26(33)30(23)16-8-9-19(29)18(28)13-16/h6-13,23,31H,1-5H3/b24-22+. The highest BCUT2D eigenvalue weighted by Crippen LogP contribution is 2.44. The molecule has 6 nitrogen and oxygen atoms in total. The van der Waals surface area contributed by atoms with E-state index in [1.165, 1.54) is 19.2 Å². The molecule has 2 heterocycles. The van der Waals surface area contributed by atoms with Crippen molar-refractivity contribution in [3.63, 3.8) is 0 Å². The number of anilines is 1. The number of hydrogen-bond acceptors (Lipinski definition) is 5. The zero-order valence-corrected chi connectivity index (χ0v) is 20.7. The summed E-state index contributed by atoms with van der Waals surface area (Å²) in [5.74, 6) is -1.74. The highest BCUT2D eigenvalue weighted by atomic mass is 35.5. The largest absolute Gasteiger partial charge is 0.507 e. The Kier molecular flexibility index (Phi) is 6.23. The lowest BCUT2D eigenvalue weighted by Crippen LogP contribution is -2.29. The lowest BCUT2D eigenvalue weighted by Gasteiger charge is -2.24. The molecular formula is C27H25ClFNO5. The highest BCUT2D eigenvalue weighted by molar-refractivity contribution is 6.51. The Morgan fingerprint density at radius 2 is 1.83 bits per heavy atom. The normalized spacial score (nSPS) is 17.8. The molecule has 0 saturated carbocycles. The minimum Gasteiger partial charge on any atom is -0.507 e. The summed E-state index contributed by atoms with van der Waals surface area (Å²) < 4.78 is 25.1. The fraction of sp³-hybridized carbons (Fsp3) is 0.259. The molecule has 1 saturated heterocycles. The number of rotatable bonds is 4. The van der Waals surface area contributed by atoms with Crippen LogP contribution in [0.25, 0.3) is 5.76 Å². The van der Waals surface area contributed by atoms with Gasteiger partial charge >= 0.3 is 0 Å². The molecule has 1 aliphatic rings. The molecule has 2 aromatic carbocycles. The zero-order chi connectivity index (χ0) is 25.7. The number of ether oxygens (including phenoxy) is 1. The van der Waals surface area contributed by atoms with Crippen molar-refractivity contribution in [1.82, 2.24) is 0 Å². The van der Waals surface area contributed by atoms with Gasteiger partial charge in [-0.3, -0.25) is 14.5 Å². The second kappa shape index (κ2) is 8.89. The topological polar surface area (TPSA) is 80.0 Å². The molecule has 182 valence electrons. The number of furan rings is 1. The second-order valence-electron chi connectivity index (χ2n) is 9.38. The molecule has 0 radical (unpaired) electrons. The van der Waals surface area contributed by atoms with Gasteiger partial charge in [0.05, 0.1) is 23.3 Å². The van der Waals surface area contributed by atoms with Crippen LogP contribution in [0.4, 0.5) is 10.1 Å². The Hall–Kier alpha value is -3.58. The average molecular weight is 498 g/mol. The Balaban J connectivity index is 1.99. The molecule has 1 atom stereocenters. The van der Waals surface area contributed by atoms with Crippen LogP contribution in [0, 0.1) is 12.7 Å². The first-order valence-corrected chi connectivity index (χ1v) is 11.3. The van der Waals surface area contributed by atoms with Crippen molar-refractivity contribution in [3.8, 4) is 5.75 Å². The summed E-state index contributed by atoms with van der Waals surface area (Å²) in [5, 5.41) is 11.3. The quantitative estimate of drug-likeness (QED) is 0.259. The number of benzene rings is 2. The maximum Gasteiger partial charge on any atom is 0.300 e. The van der Waals surface area contributed by atoms with Gasteiger partial charge in [-0.2, -0.15) is 0 Å². The predicted octanol–water partition coefficient (Wildman–Crippen LogP) is 6.31. The van der Waals surface area contributed by atoms with Crippen LogP contribution in [0.5, 0.6) is 5.75 Å². The fourth-order valence-corrected chi connectivity index (χ4v) is 4.28. The first-order chi connectivity index (χ1) is 16.4. The van der Waals surface area contributed by atoms with Crippen LogP contribution in [-0.2, 0) is 15.0 Å². The minimum absolute atomic E-state index is 0.172. The van der Waals surface area contributed by atoms with E-state index < -0.39 is 29.3 Å². The number of ketones is 1. The Morgan fingerprint density at radius 3 is 2.40 bits per heavy atom. The van der Waals surface area contributed by atoms with Crippen LogP contribution < -0.4 is 9.64 Å². The number of aliphatic hydroxyl groups is 1. The third kappa shape index (κ3) is 4.32.